The maximum Gasteiger partial charge on any atom is 0.262 e. The number of amides is 1. The Kier molecular flexibility index (Phi) is 5.20. The standard InChI is InChI=1S/C26H20N4O3/c31-21-10-11-22(24(32)13-21)26(33)30(15-17-4-2-1-3-5-17)20-8-6-18(7-9-20)23-12-19-14-27-16-28-25(19)29-23/h1-14,16,31-32H,15H2,(H,27,28,29). The molecular weight excluding hydrogens is 416 g/mol. The minimum atomic E-state index is -0.370. The minimum absolute atomic E-state index is 0.106. The van der Waals surface area contributed by atoms with E-state index >= 15 is 0 Å². The molecule has 0 atom stereocenters. The van der Waals surface area contributed by atoms with Crippen LogP contribution in [0.5, 0.6) is 11.5 Å². The summed E-state index contributed by atoms with van der Waals surface area (Å²) in [4.78, 5) is 26.6. The van der Waals surface area contributed by atoms with E-state index in [0.29, 0.717) is 12.2 Å². The maximum absolute atomic E-state index is 13.4. The van der Waals surface area contributed by atoms with Gasteiger partial charge in [-0.2, -0.15) is 0 Å². The molecule has 1 amide bonds. The number of aromatic amines is 1. The zero-order valence-corrected chi connectivity index (χ0v) is 17.5. The van der Waals surface area contributed by atoms with Gasteiger partial charge in [-0.25, -0.2) is 9.97 Å². The summed E-state index contributed by atoms with van der Waals surface area (Å²) in [6.07, 6.45) is 3.25. The van der Waals surface area contributed by atoms with Gasteiger partial charge in [0, 0.05) is 29.0 Å². The number of nitrogens with zero attached hydrogens (tertiary/aromatic N) is 3. The van der Waals surface area contributed by atoms with Crippen LogP contribution in [0.25, 0.3) is 22.3 Å². The largest absolute Gasteiger partial charge is 0.508 e. The number of nitrogens with one attached hydrogen (secondary N) is 1. The highest BCUT2D eigenvalue weighted by atomic mass is 16.3. The number of phenols is 2. The Morgan fingerprint density at radius 2 is 1.73 bits per heavy atom. The van der Waals surface area contributed by atoms with Gasteiger partial charge in [0.05, 0.1) is 12.1 Å². The summed E-state index contributed by atoms with van der Waals surface area (Å²) in [6, 6.07) is 23.2. The van der Waals surface area contributed by atoms with Gasteiger partial charge >= 0.3 is 0 Å². The second-order valence-corrected chi connectivity index (χ2v) is 7.63. The van der Waals surface area contributed by atoms with E-state index in [1.165, 1.54) is 18.5 Å². The number of H-pyrrole nitrogens is 1. The smallest absolute Gasteiger partial charge is 0.262 e. The SMILES string of the molecule is O=C(c1ccc(O)cc1O)N(Cc1ccccc1)c1ccc(-c2cc3cncnc3[nH]2)cc1. The number of hydrogen-bond donors (Lipinski definition) is 3. The molecule has 7 nitrogen and oxygen atoms in total. The van der Waals surface area contributed by atoms with E-state index in [4.69, 9.17) is 0 Å². The summed E-state index contributed by atoms with van der Waals surface area (Å²) in [5.74, 6) is -0.745. The molecule has 0 aliphatic carbocycles. The van der Waals surface area contributed by atoms with Gasteiger partial charge in [0.25, 0.3) is 5.91 Å². The number of phenolic OH excluding ortho intramolecular Hbond substituents is 2. The van der Waals surface area contributed by atoms with Crippen molar-refractivity contribution in [1.82, 2.24) is 15.0 Å². The third kappa shape index (κ3) is 4.12. The quantitative estimate of drug-likeness (QED) is 0.364. The van der Waals surface area contributed by atoms with Crippen LogP contribution in [0.3, 0.4) is 0 Å². The van der Waals surface area contributed by atoms with Gasteiger partial charge in [0.2, 0.25) is 0 Å². The molecule has 0 aliphatic heterocycles. The van der Waals surface area contributed by atoms with Gasteiger partial charge in [-0.15, -0.1) is 0 Å². The minimum Gasteiger partial charge on any atom is -0.508 e. The van der Waals surface area contributed by atoms with Gasteiger partial charge in [0.1, 0.15) is 23.5 Å². The van der Waals surface area contributed by atoms with Crippen molar-refractivity contribution < 1.29 is 15.0 Å². The van der Waals surface area contributed by atoms with Gasteiger partial charge < -0.3 is 20.1 Å². The fourth-order valence-electron chi connectivity index (χ4n) is 3.74. The highest BCUT2D eigenvalue weighted by Crippen LogP contribution is 2.29. The van der Waals surface area contributed by atoms with Crippen LogP contribution in [0.2, 0.25) is 0 Å². The molecule has 3 N–H and O–H groups in total. The lowest BCUT2D eigenvalue weighted by Crippen LogP contribution is -2.30. The fourth-order valence-corrected chi connectivity index (χ4v) is 3.74. The molecule has 0 bridgehead atoms. The zero-order chi connectivity index (χ0) is 22.8. The molecule has 7 heteroatoms. The first-order valence-corrected chi connectivity index (χ1v) is 10.4. The predicted octanol–water partition coefficient (Wildman–Crippen LogP) is 4.88. The van der Waals surface area contributed by atoms with E-state index in [2.05, 4.69) is 15.0 Å². The van der Waals surface area contributed by atoms with Crippen LogP contribution < -0.4 is 4.90 Å². The average Bonchev–Trinajstić information content (AvgIpc) is 3.27. The van der Waals surface area contributed by atoms with Gasteiger partial charge in [-0.3, -0.25) is 4.79 Å². The van der Waals surface area contributed by atoms with Crippen molar-refractivity contribution in [2.24, 2.45) is 0 Å². The Balaban J connectivity index is 1.50. The van der Waals surface area contributed by atoms with Crippen LogP contribution in [0, 0.1) is 0 Å². The first kappa shape index (κ1) is 20.3. The molecule has 0 radical (unpaired) electrons. The first-order valence-electron chi connectivity index (χ1n) is 10.4. The number of carbonyl (C=O) groups excluding carboxylic acids is 1. The summed E-state index contributed by atoms with van der Waals surface area (Å²) in [5, 5.41) is 20.8. The number of carbonyl (C=O) groups is 1. The van der Waals surface area contributed by atoms with Crippen LogP contribution >= 0.6 is 0 Å². The number of aromatic hydroxyl groups is 2. The molecule has 0 unspecified atom stereocenters. The van der Waals surface area contributed by atoms with Gasteiger partial charge in [-0.05, 0) is 41.5 Å². The molecule has 0 spiro atoms. The number of rotatable bonds is 5. The van der Waals surface area contributed by atoms with Crippen LogP contribution in [0.15, 0.2) is 91.4 Å². The summed E-state index contributed by atoms with van der Waals surface area (Å²) >= 11 is 0. The number of anilines is 1. The van der Waals surface area contributed by atoms with Gasteiger partial charge in [-0.1, -0.05) is 42.5 Å². The molecule has 33 heavy (non-hydrogen) atoms. The second kappa shape index (κ2) is 8.47. The zero-order valence-electron chi connectivity index (χ0n) is 17.5. The molecule has 5 aromatic rings. The van der Waals surface area contributed by atoms with Crippen molar-refractivity contribution in [2.45, 2.75) is 6.54 Å². The maximum atomic E-state index is 13.4. The van der Waals surface area contributed by atoms with E-state index in [-0.39, 0.29) is 23.0 Å². The second-order valence-electron chi connectivity index (χ2n) is 7.63. The molecule has 0 saturated carbocycles. The normalized spacial score (nSPS) is 10.9. The Morgan fingerprint density at radius 3 is 2.45 bits per heavy atom. The highest BCUT2D eigenvalue weighted by molar-refractivity contribution is 6.08. The summed E-state index contributed by atoms with van der Waals surface area (Å²) in [6.45, 7) is 0.321. The molecule has 3 aromatic carbocycles. The summed E-state index contributed by atoms with van der Waals surface area (Å²) in [7, 11) is 0. The van der Waals surface area contributed by atoms with Gasteiger partial charge in [0.15, 0.2) is 0 Å². The van der Waals surface area contributed by atoms with Crippen LogP contribution in [-0.4, -0.2) is 31.1 Å². The first-order chi connectivity index (χ1) is 16.1. The van der Waals surface area contributed by atoms with Crippen LogP contribution in [0.4, 0.5) is 5.69 Å². The topological polar surface area (TPSA) is 102 Å². The third-order valence-electron chi connectivity index (χ3n) is 5.42. The average molecular weight is 436 g/mol. The van der Waals surface area contributed by atoms with Crippen LogP contribution in [0.1, 0.15) is 15.9 Å². The van der Waals surface area contributed by atoms with Crippen molar-refractivity contribution in [2.75, 3.05) is 4.90 Å². The van der Waals surface area contributed by atoms with E-state index < -0.39 is 0 Å². The Hall–Kier alpha value is -4.65. The molecule has 2 aromatic heterocycles. The summed E-state index contributed by atoms with van der Waals surface area (Å²) < 4.78 is 0. The summed E-state index contributed by atoms with van der Waals surface area (Å²) in [5.41, 5.74) is 4.33. The van der Waals surface area contributed by atoms with E-state index in [1.54, 1.807) is 11.1 Å². The van der Waals surface area contributed by atoms with Crippen molar-refractivity contribution in [1.29, 1.82) is 0 Å². The third-order valence-corrected chi connectivity index (χ3v) is 5.42. The number of benzene rings is 3. The predicted molar refractivity (Wildman–Crippen MR) is 126 cm³/mol. The molecule has 0 aliphatic rings. The molecule has 0 saturated heterocycles. The Labute approximate surface area is 189 Å². The number of fused-ring (bicyclic) bond motifs is 1. The van der Waals surface area contributed by atoms with E-state index in [0.717, 1.165) is 33.9 Å². The fraction of sp³-hybridized carbons (Fsp3) is 0.0385. The number of aromatic nitrogens is 3. The number of hydrogen-bond acceptors (Lipinski definition) is 5. The van der Waals surface area contributed by atoms with Crippen molar-refractivity contribution in [3.63, 3.8) is 0 Å². The molecular formula is C26H20N4O3. The van der Waals surface area contributed by atoms with E-state index in [1.807, 2.05) is 60.7 Å². The molecule has 162 valence electrons. The molecule has 2 heterocycles. The lowest BCUT2D eigenvalue weighted by atomic mass is 10.1. The van der Waals surface area contributed by atoms with Crippen molar-refractivity contribution in [3.8, 4) is 22.8 Å². The van der Waals surface area contributed by atoms with E-state index in [9.17, 15) is 15.0 Å². The molecule has 5 rings (SSSR count). The van der Waals surface area contributed by atoms with Crippen molar-refractivity contribution in [3.05, 3.63) is 103 Å². The Morgan fingerprint density at radius 1 is 0.939 bits per heavy atom. The highest BCUT2D eigenvalue weighted by Gasteiger charge is 2.21. The van der Waals surface area contributed by atoms with Crippen molar-refractivity contribution >= 4 is 22.6 Å². The lowest BCUT2D eigenvalue weighted by molar-refractivity contribution is 0.0982. The Bertz CT molecular complexity index is 1400. The molecule has 0 fully saturated rings. The lowest BCUT2D eigenvalue weighted by Gasteiger charge is -2.24. The van der Waals surface area contributed by atoms with Crippen LogP contribution in [-0.2, 0) is 6.54 Å². The monoisotopic (exact) mass is 436 g/mol.